The summed E-state index contributed by atoms with van der Waals surface area (Å²) in [5, 5.41) is 20.0. The lowest BCUT2D eigenvalue weighted by molar-refractivity contribution is -0.312. The zero-order chi connectivity index (χ0) is 16.2. The third-order valence-corrected chi connectivity index (χ3v) is 3.09. The van der Waals surface area contributed by atoms with Crippen LogP contribution < -0.4 is 0 Å². The number of rotatable bonds is 7. The Morgan fingerprint density at radius 2 is 1.38 bits per heavy atom. The molecule has 6 nitrogen and oxygen atoms in total. The molecule has 1 rings (SSSR count). The molecular weight excluding hydrogens is 276 g/mol. The molecule has 126 valence electrons. The van der Waals surface area contributed by atoms with Crippen molar-refractivity contribution >= 4 is 0 Å². The highest BCUT2D eigenvalue weighted by molar-refractivity contribution is 4.92. The summed E-state index contributed by atoms with van der Waals surface area (Å²) in [7, 11) is 0. The molecule has 1 aliphatic heterocycles. The van der Waals surface area contributed by atoms with Crippen LogP contribution in [0.2, 0.25) is 0 Å². The predicted octanol–water partition coefficient (Wildman–Crippen LogP) is 1.08. The molecule has 0 aliphatic carbocycles. The number of hydrogen-bond acceptors (Lipinski definition) is 6. The second kappa shape index (κ2) is 8.41. The molecule has 0 bridgehead atoms. The summed E-state index contributed by atoms with van der Waals surface area (Å²) in [5.74, 6) is 0. The minimum absolute atomic E-state index is 0.0433. The van der Waals surface area contributed by atoms with Crippen molar-refractivity contribution in [1.82, 2.24) is 0 Å². The smallest absolute Gasteiger partial charge is 0.184 e. The molecule has 0 radical (unpaired) electrons. The van der Waals surface area contributed by atoms with Crippen LogP contribution in [0.5, 0.6) is 0 Å². The standard InChI is InChI=1S/C15H30O6/c1-8(2)18-7-11-13(19-9(3)4)14(20-10(5)6)12(16)15(17)21-11/h8-17H,7H2,1-6H3. The highest BCUT2D eigenvalue weighted by Gasteiger charge is 2.47. The fourth-order valence-electron chi connectivity index (χ4n) is 2.28. The topological polar surface area (TPSA) is 77.4 Å². The average molecular weight is 306 g/mol. The summed E-state index contributed by atoms with van der Waals surface area (Å²) >= 11 is 0. The van der Waals surface area contributed by atoms with Crippen molar-refractivity contribution in [3.05, 3.63) is 0 Å². The molecule has 6 heteroatoms. The molecule has 5 unspecified atom stereocenters. The van der Waals surface area contributed by atoms with E-state index in [-0.39, 0.29) is 24.9 Å². The van der Waals surface area contributed by atoms with Gasteiger partial charge in [0.05, 0.1) is 24.9 Å². The first kappa shape index (κ1) is 18.8. The van der Waals surface area contributed by atoms with E-state index < -0.39 is 30.7 Å². The maximum atomic E-state index is 10.1. The Labute approximate surface area is 127 Å². The van der Waals surface area contributed by atoms with Crippen LogP contribution >= 0.6 is 0 Å². The molecule has 0 aromatic carbocycles. The van der Waals surface area contributed by atoms with Gasteiger partial charge in [0.15, 0.2) is 6.29 Å². The molecule has 1 aliphatic rings. The summed E-state index contributed by atoms with van der Waals surface area (Å²) in [5.41, 5.74) is 0. The van der Waals surface area contributed by atoms with Gasteiger partial charge in [0, 0.05) is 0 Å². The lowest BCUT2D eigenvalue weighted by Crippen LogP contribution is -2.61. The molecule has 0 amide bonds. The monoisotopic (exact) mass is 306 g/mol. The summed E-state index contributed by atoms with van der Waals surface area (Å²) < 4.78 is 22.6. The van der Waals surface area contributed by atoms with Crippen molar-refractivity contribution in [2.24, 2.45) is 0 Å². The van der Waals surface area contributed by atoms with Gasteiger partial charge < -0.3 is 29.2 Å². The molecule has 0 saturated carbocycles. The van der Waals surface area contributed by atoms with Crippen LogP contribution in [0.3, 0.4) is 0 Å². The van der Waals surface area contributed by atoms with Gasteiger partial charge in [-0.25, -0.2) is 0 Å². The molecule has 1 fully saturated rings. The second-order valence-corrected chi connectivity index (χ2v) is 6.24. The van der Waals surface area contributed by atoms with E-state index in [9.17, 15) is 10.2 Å². The van der Waals surface area contributed by atoms with Crippen molar-refractivity contribution in [2.75, 3.05) is 6.61 Å². The van der Waals surface area contributed by atoms with Gasteiger partial charge in [-0.1, -0.05) is 0 Å². The summed E-state index contributed by atoms with van der Waals surface area (Å²) in [6.45, 7) is 11.7. The number of hydrogen-bond donors (Lipinski definition) is 2. The van der Waals surface area contributed by atoms with Crippen molar-refractivity contribution in [3.8, 4) is 0 Å². The average Bonchev–Trinajstić information content (AvgIpc) is 2.35. The van der Waals surface area contributed by atoms with Gasteiger partial charge in [-0.05, 0) is 41.5 Å². The van der Waals surface area contributed by atoms with Gasteiger partial charge in [0.1, 0.15) is 24.4 Å². The van der Waals surface area contributed by atoms with Crippen LogP contribution in [0, 0.1) is 0 Å². The van der Waals surface area contributed by atoms with E-state index in [4.69, 9.17) is 18.9 Å². The third kappa shape index (κ3) is 5.81. The minimum Gasteiger partial charge on any atom is -0.385 e. The van der Waals surface area contributed by atoms with Gasteiger partial charge in [0.25, 0.3) is 0 Å². The van der Waals surface area contributed by atoms with Crippen LogP contribution in [0.1, 0.15) is 41.5 Å². The highest BCUT2D eigenvalue weighted by Crippen LogP contribution is 2.27. The van der Waals surface area contributed by atoms with E-state index >= 15 is 0 Å². The summed E-state index contributed by atoms with van der Waals surface area (Å²) in [4.78, 5) is 0. The zero-order valence-corrected chi connectivity index (χ0v) is 13.9. The van der Waals surface area contributed by atoms with Gasteiger partial charge >= 0.3 is 0 Å². The SMILES string of the molecule is CC(C)OCC1OC(O)C(O)C(OC(C)C)C1OC(C)C. The molecule has 21 heavy (non-hydrogen) atoms. The maximum absolute atomic E-state index is 10.1. The normalized spacial score (nSPS) is 34.1. The van der Waals surface area contributed by atoms with E-state index in [1.165, 1.54) is 0 Å². The predicted molar refractivity (Wildman–Crippen MR) is 78.0 cm³/mol. The Bertz CT molecular complexity index is 294. The van der Waals surface area contributed by atoms with Crippen LogP contribution in [0.15, 0.2) is 0 Å². The first-order valence-corrected chi connectivity index (χ1v) is 7.66. The minimum atomic E-state index is -1.30. The Morgan fingerprint density at radius 3 is 1.86 bits per heavy atom. The molecule has 1 saturated heterocycles. The summed E-state index contributed by atoms with van der Waals surface area (Å²) in [6, 6.07) is 0. The Balaban J connectivity index is 2.87. The van der Waals surface area contributed by atoms with Crippen LogP contribution in [0.25, 0.3) is 0 Å². The lowest BCUT2D eigenvalue weighted by atomic mass is 9.98. The van der Waals surface area contributed by atoms with E-state index in [0.29, 0.717) is 0 Å². The molecule has 1 heterocycles. The number of ether oxygens (including phenoxy) is 4. The van der Waals surface area contributed by atoms with Crippen molar-refractivity contribution in [2.45, 2.75) is 90.6 Å². The molecule has 0 spiro atoms. The zero-order valence-electron chi connectivity index (χ0n) is 13.9. The Morgan fingerprint density at radius 1 is 0.857 bits per heavy atom. The number of aliphatic hydroxyl groups is 2. The molecule has 2 N–H and O–H groups in total. The fourth-order valence-corrected chi connectivity index (χ4v) is 2.28. The van der Waals surface area contributed by atoms with Gasteiger partial charge in [-0.3, -0.25) is 0 Å². The first-order valence-electron chi connectivity index (χ1n) is 7.66. The van der Waals surface area contributed by atoms with E-state index in [1.54, 1.807) is 0 Å². The first-order chi connectivity index (χ1) is 9.72. The lowest BCUT2D eigenvalue weighted by Gasteiger charge is -2.44. The largest absolute Gasteiger partial charge is 0.385 e. The maximum Gasteiger partial charge on any atom is 0.184 e. The Kier molecular flexibility index (Phi) is 7.53. The fraction of sp³-hybridized carbons (Fsp3) is 1.00. The quantitative estimate of drug-likeness (QED) is 0.733. The van der Waals surface area contributed by atoms with Crippen LogP contribution in [-0.4, -0.2) is 65.8 Å². The second-order valence-electron chi connectivity index (χ2n) is 6.24. The van der Waals surface area contributed by atoms with Crippen molar-refractivity contribution in [3.63, 3.8) is 0 Å². The van der Waals surface area contributed by atoms with Crippen molar-refractivity contribution in [1.29, 1.82) is 0 Å². The van der Waals surface area contributed by atoms with Gasteiger partial charge in [-0.2, -0.15) is 0 Å². The highest BCUT2D eigenvalue weighted by atomic mass is 16.7. The van der Waals surface area contributed by atoms with Gasteiger partial charge in [-0.15, -0.1) is 0 Å². The van der Waals surface area contributed by atoms with E-state index in [2.05, 4.69) is 0 Å². The molecular formula is C15H30O6. The summed E-state index contributed by atoms with van der Waals surface area (Å²) in [6.07, 6.45) is -4.20. The van der Waals surface area contributed by atoms with Crippen LogP contribution in [0.4, 0.5) is 0 Å². The van der Waals surface area contributed by atoms with Crippen molar-refractivity contribution < 1.29 is 29.2 Å². The van der Waals surface area contributed by atoms with E-state index in [0.717, 1.165) is 0 Å². The number of aliphatic hydroxyl groups excluding tert-OH is 2. The molecule has 5 atom stereocenters. The molecule has 0 aromatic heterocycles. The van der Waals surface area contributed by atoms with Gasteiger partial charge in [0.2, 0.25) is 0 Å². The third-order valence-electron chi connectivity index (χ3n) is 3.09. The Hall–Kier alpha value is -0.240. The van der Waals surface area contributed by atoms with Crippen LogP contribution in [-0.2, 0) is 18.9 Å². The van der Waals surface area contributed by atoms with E-state index in [1.807, 2.05) is 41.5 Å². The molecule has 0 aromatic rings.